The SMILES string of the molecule is COc1ccc2nc(NC(=O)N3c4ccccc4Sc4ccccc43)sc2c1. The van der Waals surface area contributed by atoms with Gasteiger partial charge in [0.1, 0.15) is 5.75 Å². The average Bonchev–Trinajstić information content (AvgIpc) is 3.12. The Hall–Kier alpha value is -3.03. The Bertz CT molecular complexity index is 1160. The number of benzene rings is 3. The molecular weight excluding hydrogens is 390 g/mol. The van der Waals surface area contributed by atoms with E-state index in [9.17, 15) is 4.79 Å². The zero-order valence-electron chi connectivity index (χ0n) is 14.9. The molecule has 1 aromatic heterocycles. The van der Waals surface area contributed by atoms with Gasteiger partial charge in [-0.25, -0.2) is 9.78 Å². The predicted molar refractivity (Wildman–Crippen MR) is 114 cm³/mol. The molecule has 0 fully saturated rings. The van der Waals surface area contributed by atoms with Gasteiger partial charge in [0.15, 0.2) is 5.13 Å². The quantitative estimate of drug-likeness (QED) is 0.435. The number of rotatable bonds is 2. The lowest BCUT2D eigenvalue weighted by Gasteiger charge is -2.30. The zero-order valence-corrected chi connectivity index (χ0v) is 16.5. The fourth-order valence-corrected chi connectivity index (χ4v) is 5.10. The van der Waals surface area contributed by atoms with Gasteiger partial charge in [0.05, 0.1) is 28.7 Å². The number of methoxy groups -OCH3 is 1. The Morgan fingerprint density at radius 1 is 1.00 bits per heavy atom. The van der Waals surface area contributed by atoms with Crippen LogP contribution in [0.4, 0.5) is 21.3 Å². The summed E-state index contributed by atoms with van der Waals surface area (Å²) in [5, 5.41) is 3.52. The van der Waals surface area contributed by atoms with Crippen molar-refractivity contribution >= 4 is 55.9 Å². The number of thiazole rings is 1. The van der Waals surface area contributed by atoms with Crippen LogP contribution in [0.2, 0.25) is 0 Å². The molecule has 1 aliphatic heterocycles. The second kappa shape index (κ2) is 6.85. The standard InChI is InChI=1S/C21H15N3O2S2/c1-26-13-10-11-14-19(12-13)28-20(22-14)23-21(25)24-15-6-2-4-8-17(15)27-18-9-5-3-7-16(18)24/h2-12H,1H3,(H,22,23,25). The summed E-state index contributed by atoms with van der Waals surface area (Å²) in [6.45, 7) is 0. The molecule has 0 unspecified atom stereocenters. The van der Waals surface area contributed by atoms with Crippen LogP contribution in [0.25, 0.3) is 10.2 Å². The van der Waals surface area contributed by atoms with Gasteiger partial charge >= 0.3 is 6.03 Å². The first-order valence-electron chi connectivity index (χ1n) is 8.64. The molecule has 4 aromatic rings. The molecular formula is C21H15N3O2S2. The molecule has 0 aliphatic carbocycles. The summed E-state index contributed by atoms with van der Waals surface area (Å²) >= 11 is 3.10. The minimum atomic E-state index is -0.230. The maximum Gasteiger partial charge on any atom is 0.332 e. The summed E-state index contributed by atoms with van der Waals surface area (Å²) in [6, 6.07) is 21.3. The van der Waals surface area contributed by atoms with E-state index in [-0.39, 0.29) is 6.03 Å². The largest absolute Gasteiger partial charge is 0.497 e. The maximum atomic E-state index is 13.2. The van der Waals surface area contributed by atoms with Crippen LogP contribution in [-0.2, 0) is 0 Å². The van der Waals surface area contributed by atoms with E-state index in [1.165, 1.54) is 11.3 Å². The summed E-state index contributed by atoms with van der Waals surface area (Å²) in [6.07, 6.45) is 0. The Morgan fingerprint density at radius 3 is 2.36 bits per heavy atom. The molecule has 0 bridgehead atoms. The molecule has 28 heavy (non-hydrogen) atoms. The number of hydrogen-bond acceptors (Lipinski definition) is 5. The first-order chi connectivity index (χ1) is 13.7. The highest BCUT2D eigenvalue weighted by atomic mass is 32.2. The first kappa shape index (κ1) is 17.1. The molecule has 0 atom stereocenters. The summed E-state index contributed by atoms with van der Waals surface area (Å²) in [7, 11) is 1.63. The van der Waals surface area contributed by atoms with Crippen molar-refractivity contribution in [2.75, 3.05) is 17.3 Å². The maximum absolute atomic E-state index is 13.2. The van der Waals surface area contributed by atoms with E-state index in [1.807, 2.05) is 66.7 Å². The van der Waals surface area contributed by atoms with Crippen molar-refractivity contribution in [1.82, 2.24) is 4.98 Å². The van der Waals surface area contributed by atoms with Crippen LogP contribution in [0.5, 0.6) is 5.75 Å². The van der Waals surface area contributed by atoms with E-state index >= 15 is 0 Å². The van der Waals surface area contributed by atoms with Crippen LogP contribution in [0.1, 0.15) is 0 Å². The second-order valence-corrected chi connectivity index (χ2v) is 8.27. The lowest BCUT2D eigenvalue weighted by molar-refractivity contribution is 0.259. The summed E-state index contributed by atoms with van der Waals surface area (Å²) in [5.41, 5.74) is 2.56. The van der Waals surface area contributed by atoms with Crippen molar-refractivity contribution in [3.63, 3.8) is 0 Å². The highest BCUT2D eigenvalue weighted by Gasteiger charge is 2.28. The lowest BCUT2D eigenvalue weighted by atomic mass is 10.2. The molecule has 0 spiro atoms. The highest BCUT2D eigenvalue weighted by molar-refractivity contribution is 7.99. The monoisotopic (exact) mass is 405 g/mol. The van der Waals surface area contributed by atoms with Gasteiger partial charge in [-0.05, 0) is 42.5 Å². The van der Waals surface area contributed by atoms with Crippen LogP contribution in [0.3, 0.4) is 0 Å². The highest BCUT2D eigenvalue weighted by Crippen LogP contribution is 2.48. The number of ether oxygens (including phenoxy) is 1. The number of aromatic nitrogens is 1. The Morgan fingerprint density at radius 2 is 1.68 bits per heavy atom. The van der Waals surface area contributed by atoms with Gasteiger partial charge in [-0.15, -0.1) is 0 Å². The van der Waals surface area contributed by atoms with E-state index in [0.29, 0.717) is 5.13 Å². The van der Waals surface area contributed by atoms with Crippen molar-refractivity contribution in [3.05, 3.63) is 66.7 Å². The molecule has 5 nitrogen and oxygen atoms in total. The van der Waals surface area contributed by atoms with Gasteiger partial charge in [0.25, 0.3) is 0 Å². The normalized spacial score (nSPS) is 12.4. The third kappa shape index (κ3) is 2.89. The van der Waals surface area contributed by atoms with Crippen LogP contribution in [0, 0.1) is 0 Å². The van der Waals surface area contributed by atoms with Crippen molar-refractivity contribution < 1.29 is 9.53 Å². The summed E-state index contributed by atoms with van der Waals surface area (Å²) in [5.74, 6) is 0.768. The van der Waals surface area contributed by atoms with Gasteiger partial charge in [-0.1, -0.05) is 47.4 Å². The van der Waals surface area contributed by atoms with Crippen LogP contribution >= 0.6 is 23.1 Å². The van der Waals surface area contributed by atoms with Gasteiger partial charge in [-0.2, -0.15) is 0 Å². The number of carbonyl (C=O) groups excluding carboxylic acids is 1. The third-order valence-electron chi connectivity index (χ3n) is 4.44. The van der Waals surface area contributed by atoms with E-state index < -0.39 is 0 Å². The van der Waals surface area contributed by atoms with Gasteiger partial charge < -0.3 is 4.74 Å². The van der Waals surface area contributed by atoms with Crippen molar-refractivity contribution in [2.24, 2.45) is 0 Å². The third-order valence-corrected chi connectivity index (χ3v) is 6.51. The molecule has 0 saturated carbocycles. The smallest absolute Gasteiger partial charge is 0.332 e. The lowest BCUT2D eigenvalue weighted by Crippen LogP contribution is -2.32. The van der Waals surface area contributed by atoms with E-state index in [0.717, 1.165) is 37.1 Å². The van der Waals surface area contributed by atoms with Crippen LogP contribution in [0.15, 0.2) is 76.5 Å². The molecule has 1 N–H and O–H groups in total. The Balaban J connectivity index is 1.52. The molecule has 7 heteroatoms. The van der Waals surface area contributed by atoms with E-state index in [4.69, 9.17) is 4.74 Å². The fourth-order valence-electron chi connectivity index (χ4n) is 3.16. The van der Waals surface area contributed by atoms with Crippen LogP contribution < -0.4 is 15.0 Å². The number of amides is 2. The number of anilines is 3. The van der Waals surface area contributed by atoms with Gasteiger partial charge in [-0.3, -0.25) is 10.2 Å². The Kier molecular flexibility index (Phi) is 4.18. The number of para-hydroxylation sites is 2. The van der Waals surface area contributed by atoms with E-state index in [2.05, 4.69) is 10.3 Å². The average molecular weight is 406 g/mol. The molecule has 1 aliphatic rings. The number of fused-ring (bicyclic) bond motifs is 3. The molecule has 5 rings (SSSR count). The number of nitrogens with one attached hydrogen (secondary N) is 1. The van der Waals surface area contributed by atoms with Gasteiger partial charge in [0, 0.05) is 9.79 Å². The molecule has 138 valence electrons. The molecule has 2 amide bonds. The predicted octanol–water partition coefficient (Wildman–Crippen LogP) is 6.14. The second-order valence-electron chi connectivity index (χ2n) is 6.16. The number of carbonyl (C=O) groups is 1. The Labute approximate surface area is 170 Å². The fraction of sp³-hybridized carbons (Fsp3) is 0.0476. The first-order valence-corrected chi connectivity index (χ1v) is 10.3. The summed E-state index contributed by atoms with van der Waals surface area (Å²) in [4.78, 5) is 21.6. The number of urea groups is 1. The van der Waals surface area contributed by atoms with Crippen molar-refractivity contribution in [3.8, 4) is 5.75 Å². The molecule has 0 radical (unpaired) electrons. The van der Waals surface area contributed by atoms with E-state index in [1.54, 1.807) is 23.8 Å². The molecule has 2 heterocycles. The van der Waals surface area contributed by atoms with Gasteiger partial charge in [0.2, 0.25) is 0 Å². The topological polar surface area (TPSA) is 54.5 Å². The molecule has 0 saturated heterocycles. The zero-order chi connectivity index (χ0) is 19.1. The van der Waals surface area contributed by atoms with Crippen molar-refractivity contribution in [1.29, 1.82) is 0 Å². The number of hydrogen-bond donors (Lipinski definition) is 1. The van der Waals surface area contributed by atoms with Crippen LogP contribution in [-0.4, -0.2) is 18.1 Å². The summed E-state index contributed by atoms with van der Waals surface area (Å²) < 4.78 is 6.23. The number of nitrogens with zero attached hydrogens (tertiary/aromatic N) is 2. The molecule has 3 aromatic carbocycles. The van der Waals surface area contributed by atoms with Crippen molar-refractivity contribution in [2.45, 2.75) is 9.79 Å². The minimum absolute atomic E-state index is 0.230. The minimum Gasteiger partial charge on any atom is -0.497 e.